The minimum Gasteiger partial charge on any atom is -0.340 e. The molecule has 0 radical (unpaired) electrons. The summed E-state index contributed by atoms with van der Waals surface area (Å²) in [6.07, 6.45) is 8.71. The maximum atomic E-state index is 12.2. The summed E-state index contributed by atoms with van der Waals surface area (Å²) in [5, 5.41) is 0. The van der Waals surface area contributed by atoms with E-state index in [1.807, 2.05) is 17.7 Å². The number of aryl methyl sites for hydroxylation is 1. The van der Waals surface area contributed by atoms with Gasteiger partial charge in [0, 0.05) is 50.5 Å². The zero-order chi connectivity index (χ0) is 13.0. The molecule has 1 amide bonds. The van der Waals surface area contributed by atoms with E-state index in [2.05, 4.69) is 9.97 Å². The Morgan fingerprint density at radius 3 is 2.89 bits per heavy atom. The summed E-state index contributed by atoms with van der Waals surface area (Å²) in [4.78, 5) is 21.9. The second kappa shape index (κ2) is 5.44. The van der Waals surface area contributed by atoms with Crippen LogP contribution in [-0.2, 0) is 6.54 Å². The van der Waals surface area contributed by atoms with Crippen LogP contribution in [0.15, 0.2) is 37.2 Å². The number of imidazole rings is 1. The number of carbonyl (C=O) groups excluding carboxylic acids is 1. The Hall–Kier alpha value is -2.17. The van der Waals surface area contributed by atoms with Gasteiger partial charge in [-0.3, -0.25) is 9.78 Å². The van der Waals surface area contributed by atoms with Crippen LogP contribution in [0, 0.1) is 6.92 Å². The Bertz CT molecular complexity index is 522. The highest BCUT2D eigenvalue weighted by Gasteiger charge is 2.13. The first-order valence-corrected chi connectivity index (χ1v) is 5.80. The molecule has 0 N–H and O–H groups in total. The standard InChI is InChI=1S/C13H16N4O/c1-11-9-14-4-3-12(11)13(18)16(2)7-8-17-6-5-15-10-17/h3-6,9-10H,7-8H2,1-2H3. The zero-order valence-electron chi connectivity index (χ0n) is 10.6. The van der Waals surface area contributed by atoms with Gasteiger partial charge in [-0.25, -0.2) is 4.98 Å². The van der Waals surface area contributed by atoms with Crippen LogP contribution in [0.3, 0.4) is 0 Å². The fraction of sp³-hybridized carbons (Fsp3) is 0.308. The Balaban J connectivity index is 1.99. The summed E-state index contributed by atoms with van der Waals surface area (Å²) in [7, 11) is 1.80. The third-order valence-corrected chi connectivity index (χ3v) is 2.85. The Kier molecular flexibility index (Phi) is 3.72. The number of likely N-dealkylation sites (N-methyl/N-ethyl adjacent to an activating group) is 1. The lowest BCUT2D eigenvalue weighted by atomic mass is 10.1. The molecule has 0 spiro atoms. The number of hydrogen-bond acceptors (Lipinski definition) is 3. The molecule has 0 fully saturated rings. The highest BCUT2D eigenvalue weighted by Crippen LogP contribution is 2.08. The van der Waals surface area contributed by atoms with Crippen LogP contribution in [-0.4, -0.2) is 38.9 Å². The highest BCUT2D eigenvalue weighted by molar-refractivity contribution is 5.95. The molecule has 0 atom stereocenters. The van der Waals surface area contributed by atoms with Crippen molar-refractivity contribution in [3.8, 4) is 0 Å². The lowest BCUT2D eigenvalue weighted by Gasteiger charge is -2.18. The number of nitrogens with zero attached hydrogens (tertiary/aromatic N) is 4. The molecule has 0 bridgehead atoms. The topological polar surface area (TPSA) is 51.0 Å². The van der Waals surface area contributed by atoms with Crippen molar-refractivity contribution in [3.63, 3.8) is 0 Å². The van der Waals surface area contributed by atoms with Crippen LogP contribution in [0.1, 0.15) is 15.9 Å². The van der Waals surface area contributed by atoms with E-state index in [1.54, 1.807) is 42.9 Å². The Morgan fingerprint density at radius 1 is 1.39 bits per heavy atom. The van der Waals surface area contributed by atoms with Crippen molar-refractivity contribution in [2.45, 2.75) is 13.5 Å². The normalized spacial score (nSPS) is 10.3. The van der Waals surface area contributed by atoms with Gasteiger partial charge in [0.15, 0.2) is 0 Å². The predicted molar refractivity (Wildman–Crippen MR) is 68.2 cm³/mol. The summed E-state index contributed by atoms with van der Waals surface area (Å²) >= 11 is 0. The van der Waals surface area contributed by atoms with E-state index in [9.17, 15) is 4.79 Å². The van der Waals surface area contributed by atoms with E-state index in [-0.39, 0.29) is 5.91 Å². The summed E-state index contributed by atoms with van der Waals surface area (Å²) in [5.41, 5.74) is 1.61. The number of aromatic nitrogens is 3. The molecule has 0 aliphatic rings. The number of carbonyl (C=O) groups is 1. The van der Waals surface area contributed by atoms with Gasteiger partial charge in [-0.05, 0) is 18.6 Å². The molecule has 2 aromatic heterocycles. The molecule has 5 nitrogen and oxygen atoms in total. The summed E-state index contributed by atoms with van der Waals surface area (Å²) in [6, 6.07) is 1.76. The maximum Gasteiger partial charge on any atom is 0.254 e. The lowest BCUT2D eigenvalue weighted by Crippen LogP contribution is -2.30. The van der Waals surface area contributed by atoms with Gasteiger partial charge in [0.2, 0.25) is 0 Å². The van der Waals surface area contributed by atoms with Crippen molar-refractivity contribution >= 4 is 5.91 Å². The van der Waals surface area contributed by atoms with Gasteiger partial charge >= 0.3 is 0 Å². The number of amides is 1. The monoisotopic (exact) mass is 244 g/mol. The van der Waals surface area contributed by atoms with Gasteiger partial charge in [-0.1, -0.05) is 0 Å². The van der Waals surface area contributed by atoms with Crippen LogP contribution in [0.25, 0.3) is 0 Å². The molecule has 94 valence electrons. The molecular formula is C13H16N4O. The van der Waals surface area contributed by atoms with Crippen molar-refractivity contribution in [2.24, 2.45) is 0 Å². The summed E-state index contributed by atoms with van der Waals surface area (Å²) < 4.78 is 1.95. The molecule has 0 saturated heterocycles. The average Bonchev–Trinajstić information content (AvgIpc) is 2.89. The van der Waals surface area contributed by atoms with E-state index in [4.69, 9.17) is 0 Å². The number of pyridine rings is 1. The lowest BCUT2D eigenvalue weighted by molar-refractivity contribution is 0.0789. The predicted octanol–water partition coefficient (Wildman–Crippen LogP) is 1.36. The van der Waals surface area contributed by atoms with Crippen molar-refractivity contribution in [1.29, 1.82) is 0 Å². The van der Waals surface area contributed by atoms with Crippen LogP contribution in [0.4, 0.5) is 0 Å². The largest absolute Gasteiger partial charge is 0.340 e. The number of hydrogen-bond donors (Lipinski definition) is 0. The van der Waals surface area contributed by atoms with Crippen LogP contribution >= 0.6 is 0 Å². The van der Waals surface area contributed by atoms with Gasteiger partial charge in [-0.2, -0.15) is 0 Å². The van der Waals surface area contributed by atoms with Gasteiger partial charge in [0.05, 0.1) is 6.33 Å². The molecule has 5 heteroatoms. The third kappa shape index (κ3) is 2.74. The Morgan fingerprint density at radius 2 is 2.22 bits per heavy atom. The SMILES string of the molecule is Cc1cnccc1C(=O)N(C)CCn1ccnc1. The van der Waals surface area contributed by atoms with Gasteiger partial charge in [0.1, 0.15) is 0 Å². The molecule has 0 unspecified atom stereocenters. The molecule has 0 aliphatic heterocycles. The minimum atomic E-state index is 0.0232. The molecule has 0 aliphatic carbocycles. The molecular weight excluding hydrogens is 228 g/mol. The van der Waals surface area contributed by atoms with Gasteiger partial charge in [0.25, 0.3) is 5.91 Å². The average molecular weight is 244 g/mol. The molecule has 0 aromatic carbocycles. The first kappa shape index (κ1) is 12.3. The minimum absolute atomic E-state index is 0.0232. The fourth-order valence-corrected chi connectivity index (χ4v) is 1.70. The molecule has 2 heterocycles. The van der Waals surface area contributed by atoms with Crippen molar-refractivity contribution in [1.82, 2.24) is 19.4 Å². The van der Waals surface area contributed by atoms with Crippen molar-refractivity contribution in [3.05, 3.63) is 48.3 Å². The summed E-state index contributed by atoms with van der Waals surface area (Å²) in [6.45, 7) is 3.28. The Labute approximate surface area is 106 Å². The first-order valence-electron chi connectivity index (χ1n) is 5.80. The van der Waals surface area contributed by atoms with E-state index in [0.717, 1.165) is 12.1 Å². The van der Waals surface area contributed by atoms with Crippen LogP contribution in [0.2, 0.25) is 0 Å². The second-order valence-electron chi connectivity index (χ2n) is 4.22. The highest BCUT2D eigenvalue weighted by atomic mass is 16.2. The second-order valence-corrected chi connectivity index (χ2v) is 4.22. The van der Waals surface area contributed by atoms with E-state index >= 15 is 0 Å². The molecule has 2 rings (SSSR count). The summed E-state index contributed by atoms with van der Waals surface area (Å²) in [5.74, 6) is 0.0232. The quantitative estimate of drug-likeness (QED) is 0.816. The van der Waals surface area contributed by atoms with E-state index in [1.165, 1.54) is 0 Å². The van der Waals surface area contributed by atoms with Crippen molar-refractivity contribution in [2.75, 3.05) is 13.6 Å². The number of rotatable bonds is 4. The zero-order valence-corrected chi connectivity index (χ0v) is 10.6. The molecule has 0 saturated carbocycles. The van der Waals surface area contributed by atoms with E-state index < -0.39 is 0 Å². The molecule has 18 heavy (non-hydrogen) atoms. The van der Waals surface area contributed by atoms with Crippen LogP contribution in [0.5, 0.6) is 0 Å². The maximum absolute atomic E-state index is 12.2. The van der Waals surface area contributed by atoms with Gasteiger partial charge in [-0.15, -0.1) is 0 Å². The van der Waals surface area contributed by atoms with Gasteiger partial charge < -0.3 is 9.47 Å². The fourth-order valence-electron chi connectivity index (χ4n) is 1.70. The van der Waals surface area contributed by atoms with E-state index in [0.29, 0.717) is 12.1 Å². The smallest absolute Gasteiger partial charge is 0.254 e. The third-order valence-electron chi connectivity index (χ3n) is 2.85. The van der Waals surface area contributed by atoms with Crippen LogP contribution < -0.4 is 0 Å². The first-order chi connectivity index (χ1) is 8.68. The van der Waals surface area contributed by atoms with Crippen molar-refractivity contribution < 1.29 is 4.79 Å². The molecule has 2 aromatic rings.